The quantitative estimate of drug-likeness (QED) is 0.453. The van der Waals surface area contributed by atoms with Gasteiger partial charge in [0.2, 0.25) is 0 Å². The van der Waals surface area contributed by atoms with Crippen molar-refractivity contribution in [3.8, 4) is 6.07 Å². The lowest BCUT2D eigenvalue weighted by atomic mass is 10.2. The van der Waals surface area contributed by atoms with Crippen LogP contribution in [0, 0.1) is 11.3 Å². The minimum Gasteiger partial charge on any atom is -0.465 e. The molecular formula is C18H13Cl2N3O3. The summed E-state index contributed by atoms with van der Waals surface area (Å²) >= 11 is 11.8. The fraction of sp³-hybridized carbons (Fsp3) is 0.0556. The molecule has 2 rings (SSSR count). The first-order chi connectivity index (χ1) is 12.4. The number of halogens is 2. The van der Waals surface area contributed by atoms with Crippen molar-refractivity contribution in [1.29, 1.82) is 5.26 Å². The highest BCUT2D eigenvalue weighted by Crippen LogP contribution is 2.25. The number of esters is 1. The van der Waals surface area contributed by atoms with E-state index in [-0.39, 0.29) is 10.6 Å². The number of ether oxygens (including phenoxy) is 1. The van der Waals surface area contributed by atoms with Gasteiger partial charge in [-0.05, 0) is 42.5 Å². The number of hydrogen-bond acceptors (Lipinski definition) is 5. The lowest BCUT2D eigenvalue weighted by Crippen LogP contribution is -2.14. The molecule has 2 N–H and O–H groups in total. The second-order valence-corrected chi connectivity index (χ2v) is 5.81. The maximum atomic E-state index is 12.2. The van der Waals surface area contributed by atoms with Crippen molar-refractivity contribution in [3.05, 3.63) is 69.8 Å². The third-order valence-electron chi connectivity index (χ3n) is 3.23. The molecule has 2 aromatic rings. The lowest BCUT2D eigenvalue weighted by molar-refractivity contribution is -0.112. The van der Waals surface area contributed by atoms with Crippen molar-refractivity contribution < 1.29 is 14.3 Å². The standard InChI is InChI=1S/C18H13Cl2N3O3/c1-26-18(25)11-2-5-14(6-3-11)22-10-12(9-21)17(24)23-16-7-4-13(19)8-15(16)20/h2-8,10,22H,1H3,(H,23,24)/b12-10-. The molecule has 0 bridgehead atoms. The molecule has 0 saturated heterocycles. The van der Waals surface area contributed by atoms with Gasteiger partial charge >= 0.3 is 5.97 Å². The Morgan fingerprint density at radius 2 is 1.85 bits per heavy atom. The van der Waals surface area contributed by atoms with E-state index in [1.54, 1.807) is 36.4 Å². The molecule has 26 heavy (non-hydrogen) atoms. The summed E-state index contributed by atoms with van der Waals surface area (Å²) in [5.74, 6) is -1.08. The van der Waals surface area contributed by atoms with Crippen molar-refractivity contribution in [2.45, 2.75) is 0 Å². The third kappa shape index (κ3) is 4.99. The Morgan fingerprint density at radius 1 is 1.15 bits per heavy atom. The summed E-state index contributed by atoms with van der Waals surface area (Å²) in [7, 11) is 1.29. The Morgan fingerprint density at radius 3 is 2.42 bits per heavy atom. The van der Waals surface area contributed by atoms with E-state index in [2.05, 4.69) is 15.4 Å². The Labute approximate surface area is 160 Å². The zero-order valence-corrected chi connectivity index (χ0v) is 15.1. The fourth-order valence-corrected chi connectivity index (χ4v) is 2.36. The summed E-state index contributed by atoms with van der Waals surface area (Å²) in [6, 6.07) is 12.7. The smallest absolute Gasteiger partial charge is 0.337 e. The summed E-state index contributed by atoms with van der Waals surface area (Å²) < 4.78 is 4.61. The minimum absolute atomic E-state index is 0.159. The highest BCUT2D eigenvalue weighted by Gasteiger charge is 2.12. The first kappa shape index (κ1) is 19.3. The second-order valence-electron chi connectivity index (χ2n) is 4.96. The van der Waals surface area contributed by atoms with E-state index < -0.39 is 11.9 Å². The maximum Gasteiger partial charge on any atom is 0.337 e. The SMILES string of the molecule is COC(=O)c1ccc(N/C=C(/C#N)C(=O)Nc2ccc(Cl)cc2Cl)cc1. The van der Waals surface area contributed by atoms with Crippen molar-refractivity contribution in [3.63, 3.8) is 0 Å². The Bertz CT molecular complexity index is 903. The van der Waals surface area contributed by atoms with Crippen molar-refractivity contribution in [2.24, 2.45) is 0 Å². The molecule has 0 saturated carbocycles. The van der Waals surface area contributed by atoms with Crippen LogP contribution in [0.25, 0.3) is 0 Å². The average Bonchev–Trinajstić information content (AvgIpc) is 2.64. The third-order valence-corrected chi connectivity index (χ3v) is 3.78. The molecule has 0 heterocycles. The fourth-order valence-electron chi connectivity index (χ4n) is 1.90. The molecule has 0 unspecified atom stereocenters. The van der Waals surface area contributed by atoms with Crippen LogP contribution >= 0.6 is 23.2 Å². The molecule has 1 amide bonds. The van der Waals surface area contributed by atoms with Crippen LogP contribution in [0.5, 0.6) is 0 Å². The molecule has 0 spiro atoms. The molecule has 0 fully saturated rings. The number of anilines is 2. The normalized spacial score (nSPS) is 10.6. The second kappa shape index (κ2) is 8.90. The number of rotatable bonds is 5. The minimum atomic E-state index is -0.629. The molecule has 2 aromatic carbocycles. The monoisotopic (exact) mass is 389 g/mol. The summed E-state index contributed by atoms with van der Waals surface area (Å²) in [4.78, 5) is 23.6. The van der Waals surface area contributed by atoms with Gasteiger partial charge in [0.1, 0.15) is 11.6 Å². The Balaban J connectivity index is 2.08. The maximum absolute atomic E-state index is 12.2. The molecular weight excluding hydrogens is 377 g/mol. The first-order valence-corrected chi connectivity index (χ1v) is 8.01. The van der Waals surface area contributed by atoms with E-state index >= 15 is 0 Å². The number of hydrogen-bond donors (Lipinski definition) is 2. The highest BCUT2D eigenvalue weighted by atomic mass is 35.5. The van der Waals surface area contributed by atoms with E-state index in [4.69, 9.17) is 23.2 Å². The molecule has 8 heteroatoms. The predicted octanol–water partition coefficient (Wildman–Crippen LogP) is 4.24. The van der Waals surface area contributed by atoms with Gasteiger partial charge in [-0.25, -0.2) is 4.79 Å². The number of nitriles is 1. The van der Waals surface area contributed by atoms with Gasteiger partial charge in [0.15, 0.2) is 0 Å². The lowest BCUT2D eigenvalue weighted by Gasteiger charge is -2.07. The van der Waals surface area contributed by atoms with Gasteiger partial charge in [0.05, 0.1) is 23.4 Å². The molecule has 0 aliphatic heterocycles. The number of benzene rings is 2. The van der Waals surface area contributed by atoms with Gasteiger partial charge < -0.3 is 15.4 Å². The van der Waals surface area contributed by atoms with Crippen LogP contribution in [0.3, 0.4) is 0 Å². The summed E-state index contributed by atoms with van der Waals surface area (Å²) in [6.07, 6.45) is 1.26. The number of methoxy groups -OCH3 is 1. The Hall–Kier alpha value is -3.01. The van der Waals surface area contributed by atoms with E-state index in [1.807, 2.05) is 0 Å². The van der Waals surface area contributed by atoms with Crippen LogP contribution in [-0.2, 0) is 9.53 Å². The van der Waals surface area contributed by atoms with Crippen LogP contribution in [-0.4, -0.2) is 19.0 Å². The molecule has 132 valence electrons. The van der Waals surface area contributed by atoms with E-state index in [0.717, 1.165) is 0 Å². The van der Waals surface area contributed by atoms with Gasteiger partial charge in [-0.1, -0.05) is 23.2 Å². The topological polar surface area (TPSA) is 91.2 Å². The van der Waals surface area contributed by atoms with Crippen LogP contribution in [0.4, 0.5) is 11.4 Å². The first-order valence-electron chi connectivity index (χ1n) is 7.26. The van der Waals surface area contributed by atoms with Crippen LogP contribution < -0.4 is 10.6 Å². The number of carbonyl (C=O) groups is 2. The molecule has 0 atom stereocenters. The van der Waals surface area contributed by atoms with Crippen LogP contribution in [0.15, 0.2) is 54.2 Å². The zero-order chi connectivity index (χ0) is 19.1. The van der Waals surface area contributed by atoms with Crippen molar-refractivity contribution >= 4 is 46.5 Å². The van der Waals surface area contributed by atoms with Crippen molar-refractivity contribution in [2.75, 3.05) is 17.7 Å². The van der Waals surface area contributed by atoms with Crippen molar-refractivity contribution in [1.82, 2.24) is 0 Å². The van der Waals surface area contributed by atoms with E-state index in [0.29, 0.717) is 22.0 Å². The van der Waals surface area contributed by atoms with E-state index in [9.17, 15) is 14.9 Å². The van der Waals surface area contributed by atoms with Gasteiger partial charge in [0.25, 0.3) is 5.91 Å². The molecule has 0 radical (unpaired) electrons. The predicted molar refractivity (Wildman–Crippen MR) is 100 cm³/mol. The number of amides is 1. The van der Waals surface area contributed by atoms with Gasteiger partial charge in [-0.15, -0.1) is 0 Å². The highest BCUT2D eigenvalue weighted by molar-refractivity contribution is 6.36. The van der Waals surface area contributed by atoms with Crippen LogP contribution in [0.2, 0.25) is 10.0 Å². The van der Waals surface area contributed by atoms with Gasteiger partial charge in [0, 0.05) is 16.9 Å². The molecule has 0 aliphatic rings. The average molecular weight is 390 g/mol. The van der Waals surface area contributed by atoms with E-state index in [1.165, 1.54) is 25.4 Å². The molecule has 0 aromatic heterocycles. The summed E-state index contributed by atoms with van der Waals surface area (Å²) in [5, 5.41) is 15.2. The number of nitrogens with zero attached hydrogens (tertiary/aromatic N) is 1. The largest absolute Gasteiger partial charge is 0.465 e. The summed E-state index contributed by atoms with van der Waals surface area (Å²) in [5.41, 5.74) is 1.15. The van der Waals surface area contributed by atoms with Gasteiger partial charge in [-0.2, -0.15) is 5.26 Å². The summed E-state index contributed by atoms with van der Waals surface area (Å²) in [6.45, 7) is 0. The molecule has 0 aliphatic carbocycles. The zero-order valence-electron chi connectivity index (χ0n) is 13.5. The number of carbonyl (C=O) groups excluding carboxylic acids is 2. The van der Waals surface area contributed by atoms with Gasteiger partial charge in [-0.3, -0.25) is 4.79 Å². The number of nitrogens with one attached hydrogen (secondary N) is 2. The Kier molecular flexibility index (Phi) is 6.61. The van der Waals surface area contributed by atoms with Crippen LogP contribution in [0.1, 0.15) is 10.4 Å². The molecule has 6 nitrogen and oxygen atoms in total.